The fourth-order valence-electron chi connectivity index (χ4n) is 2.43. The number of aryl methyl sites for hydroxylation is 1. The van der Waals surface area contributed by atoms with Gasteiger partial charge >= 0.3 is 5.69 Å². The van der Waals surface area contributed by atoms with Crippen LogP contribution in [0.5, 0.6) is 0 Å². The molecule has 0 amide bonds. The first-order valence-corrected chi connectivity index (χ1v) is 7.75. The Kier molecular flexibility index (Phi) is 4.34. The van der Waals surface area contributed by atoms with Gasteiger partial charge in [0.2, 0.25) is 5.82 Å². The van der Waals surface area contributed by atoms with Gasteiger partial charge in [-0.2, -0.15) is 11.8 Å². The van der Waals surface area contributed by atoms with Gasteiger partial charge in [0.25, 0.3) is 5.56 Å². The molecule has 0 aliphatic heterocycles. The van der Waals surface area contributed by atoms with Crippen LogP contribution >= 0.6 is 11.8 Å². The van der Waals surface area contributed by atoms with Gasteiger partial charge in [0.15, 0.2) is 0 Å². The van der Waals surface area contributed by atoms with E-state index in [4.69, 9.17) is 0 Å². The molecule has 1 aliphatic carbocycles. The maximum Gasteiger partial charge on any atom is 0.346 e. The molecular weight excluding hydrogens is 264 g/mol. The molecule has 1 aliphatic rings. The highest BCUT2D eigenvalue weighted by molar-refractivity contribution is 7.99. The number of anilines is 1. The van der Waals surface area contributed by atoms with Gasteiger partial charge in [-0.05, 0) is 31.9 Å². The van der Waals surface area contributed by atoms with Crippen LogP contribution in [0.25, 0.3) is 0 Å². The zero-order valence-corrected chi connectivity index (χ0v) is 12.4. The van der Waals surface area contributed by atoms with Crippen molar-refractivity contribution in [3.8, 4) is 0 Å². The lowest BCUT2D eigenvalue weighted by atomic mass is 9.95. The van der Waals surface area contributed by atoms with Crippen LogP contribution in [-0.2, 0) is 14.1 Å². The van der Waals surface area contributed by atoms with Gasteiger partial charge in [-0.3, -0.25) is 9.36 Å². The van der Waals surface area contributed by atoms with E-state index < -0.39 is 5.69 Å². The van der Waals surface area contributed by atoms with E-state index in [-0.39, 0.29) is 17.4 Å². The highest BCUT2D eigenvalue weighted by Crippen LogP contribution is 2.27. The minimum absolute atomic E-state index is 0.275. The second kappa shape index (κ2) is 5.81. The van der Waals surface area contributed by atoms with E-state index >= 15 is 0 Å². The fourth-order valence-corrected chi connectivity index (χ4v) is 3.17. The largest absolute Gasteiger partial charge is 0.361 e. The highest BCUT2D eigenvalue weighted by atomic mass is 32.2. The van der Waals surface area contributed by atoms with E-state index in [1.54, 1.807) is 7.05 Å². The summed E-state index contributed by atoms with van der Waals surface area (Å²) in [5, 5.41) is 7.94. The Balaban J connectivity index is 2.13. The van der Waals surface area contributed by atoms with Crippen LogP contribution in [0.2, 0.25) is 0 Å². The zero-order valence-electron chi connectivity index (χ0n) is 11.5. The summed E-state index contributed by atoms with van der Waals surface area (Å²) in [6.45, 7) is 0. The van der Waals surface area contributed by atoms with Crippen molar-refractivity contribution < 1.29 is 0 Å². The Hall–Kier alpha value is -1.24. The van der Waals surface area contributed by atoms with Crippen molar-refractivity contribution in [3.63, 3.8) is 0 Å². The first-order chi connectivity index (χ1) is 9.02. The van der Waals surface area contributed by atoms with E-state index in [0.717, 1.165) is 35.5 Å². The van der Waals surface area contributed by atoms with Crippen molar-refractivity contribution >= 4 is 17.6 Å². The standard InChI is InChI=1S/C12H20N4O2S/c1-15-11(17)10(14-16(2)12(15)18)13-8-4-6-9(19-3)7-5-8/h8-9H,4-7H2,1-3H3,(H,13,14). The van der Waals surface area contributed by atoms with Crippen LogP contribution in [0.15, 0.2) is 9.59 Å². The molecule has 0 radical (unpaired) electrons. The molecule has 0 unspecified atom stereocenters. The van der Waals surface area contributed by atoms with E-state index in [1.165, 1.54) is 11.7 Å². The summed E-state index contributed by atoms with van der Waals surface area (Å²) in [6.07, 6.45) is 6.54. The molecule has 2 rings (SSSR count). The van der Waals surface area contributed by atoms with E-state index in [9.17, 15) is 9.59 Å². The van der Waals surface area contributed by atoms with Crippen LogP contribution in [0.3, 0.4) is 0 Å². The third-order valence-corrected chi connectivity index (χ3v) is 4.81. The van der Waals surface area contributed by atoms with Crippen LogP contribution in [0.4, 0.5) is 5.82 Å². The summed E-state index contributed by atoms with van der Waals surface area (Å²) < 4.78 is 2.28. The van der Waals surface area contributed by atoms with Gasteiger partial charge in [-0.15, -0.1) is 5.10 Å². The van der Waals surface area contributed by atoms with Gasteiger partial charge in [0.1, 0.15) is 0 Å². The lowest BCUT2D eigenvalue weighted by Crippen LogP contribution is -2.41. The Morgan fingerprint density at radius 3 is 2.42 bits per heavy atom. The summed E-state index contributed by atoms with van der Waals surface area (Å²) in [7, 11) is 3.03. The van der Waals surface area contributed by atoms with Crippen molar-refractivity contribution in [1.82, 2.24) is 14.3 Å². The lowest BCUT2D eigenvalue weighted by molar-refractivity contribution is 0.468. The number of nitrogens with zero attached hydrogens (tertiary/aromatic N) is 3. The molecule has 6 nitrogen and oxygen atoms in total. The molecular formula is C12H20N4O2S. The van der Waals surface area contributed by atoms with Gasteiger partial charge < -0.3 is 5.32 Å². The molecule has 7 heteroatoms. The maximum atomic E-state index is 12.0. The predicted octanol–water partition coefficient (Wildman–Crippen LogP) is 0.565. The Morgan fingerprint density at radius 2 is 1.84 bits per heavy atom. The lowest BCUT2D eigenvalue weighted by Gasteiger charge is -2.28. The molecule has 0 atom stereocenters. The summed E-state index contributed by atoms with van der Waals surface area (Å²) in [6, 6.07) is 0.279. The average Bonchev–Trinajstić information content (AvgIpc) is 2.43. The zero-order chi connectivity index (χ0) is 14.0. The first-order valence-electron chi connectivity index (χ1n) is 6.46. The minimum atomic E-state index is -0.401. The SMILES string of the molecule is CSC1CCC(Nc2nn(C)c(=O)n(C)c2=O)CC1. The molecule has 1 aromatic heterocycles. The van der Waals surface area contributed by atoms with Gasteiger partial charge in [0, 0.05) is 25.4 Å². The van der Waals surface area contributed by atoms with Crippen molar-refractivity contribution in [1.29, 1.82) is 0 Å². The van der Waals surface area contributed by atoms with Crippen LogP contribution in [0, 0.1) is 0 Å². The fraction of sp³-hybridized carbons (Fsp3) is 0.750. The molecule has 1 saturated carbocycles. The average molecular weight is 284 g/mol. The topological polar surface area (TPSA) is 68.9 Å². The molecule has 19 heavy (non-hydrogen) atoms. The van der Waals surface area contributed by atoms with Crippen molar-refractivity contribution in [3.05, 3.63) is 20.8 Å². The van der Waals surface area contributed by atoms with E-state index in [0.29, 0.717) is 0 Å². The Morgan fingerprint density at radius 1 is 1.21 bits per heavy atom. The molecule has 0 bridgehead atoms. The second-order valence-electron chi connectivity index (χ2n) is 4.97. The van der Waals surface area contributed by atoms with Crippen molar-refractivity contribution in [2.45, 2.75) is 37.0 Å². The van der Waals surface area contributed by atoms with Crippen LogP contribution < -0.4 is 16.6 Å². The third kappa shape index (κ3) is 3.02. The molecule has 1 heterocycles. The van der Waals surface area contributed by atoms with Gasteiger partial charge in [0.05, 0.1) is 0 Å². The molecule has 0 aromatic carbocycles. The smallest absolute Gasteiger partial charge is 0.346 e. The van der Waals surface area contributed by atoms with Gasteiger partial charge in [-0.25, -0.2) is 9.48 Å². The summed E-state index contributed by atoms with van der Waals surface area (Å²) >= 11 is 1.91. The number of hydrogen-bond donors (Lipinski definition) is 1. The summed E-state index contributed by atoms with van der Waals surface area (Å²) in [4.78, 5) is 23.5. The minimum Gasteiger partial charge on any atom is -0.361 e. The second-order valence-corrected chi connectivity index (χ2v) is 6.11. The highest BCUT2D eigenvalue weighted by Gasteiger charge is 2.22. The Labute approximate surface area is 116 Å². The number of rotatable bonds is 3. The molecule has 1 fully saturated rings. The molecule has 106 valence electrons. The third-order valence-electron chi connectivity index (χ3n) is 3.67. The number of aromatic nitrogens is 3. The number of nitrogens with one attached hydrogen (secondary N) is 1. The molecule has 1 aromatic rings. The quantitative estimate of drug-likeness (QED) is 0.878. The monoisotopic (exact) mass is 284 g/mol. The van der Waals surface area contributed by atoms with E-state index in [1.807, 2.05) is 11.8 Å². The van der Waals surface area contributed by atoms with Gasteiger partial charge in [-0.1, -0.05) is 0 Å². The van der Waals surface area contributed by atoms with Crippen LogP contribution in [-0.4, -0.2) is 31.9 Å². The predicted molar refractivity (Wildman–Crippen MR) is 77.9 cm³/mol. The van der Waals surface area contributed by atoms with Crippen molar-refractivity contribution in [2.75, 3.05) is 11.6 Å². The van der Waals surface area contributed by atoms with E-state index in [2.05, 4.69) is 16.7 Å². The number of hydrogen-bond acceptors (Lipinski definition) is 5. The summed E-state index contributed by atoms with van der Waals surface area (Å²) in [5.41, 5.74) is -0.753. The summed E-state index contributed by atoms with van der Waals surface area (Å²) in [5.74, 6) is 0.275. The van der Waals surface area contributed by atoms with Crippen molar-refractivity contribution in [2.24, 2.45) is 14.1 Å². The Bertz CT molecular complexity index is 558. The molecule has 0 spiro atoms. The number of thioether (sulfide) groups is 1. The molecule has 1 N–H and O–H groups in total. The first kappa shape index (κ1) is 14.2. The normalized spacial score (nSPS) is 23.3. The molecule has 0 saturated heterocycles. The maximum absolute atomic E-state index is 12.0. The van der Waals surface area contributed by atoms with Crippen LogP contribution in [0.1, 0.15) is 25.7 Å².